The van der Waals surface area contributed by atoms with E-state index in [4.69, 9.17) is 5.14 Å². The van der Waals surface area contributed by atoms with Crippen LogP contribution in [-0.4, -0.2) is 31.7 Å². The molecule has 7 heteroatoms. The molecule has 0 aliphatic carbocycles. The molecule has 2 rings (SSSR count). The molecule has 0 aliphatic rings. The summed E-state index contributed by atoms with van der Waals surface area (Å²) in [6, 6.07) is 10.3. The van der Waals surface area contributed by atoms with E-state index < -0.39 is 15.9 Å². The minimum absolute atomic E-state index is 0.0955. The molecule has 20 heavy (non-hydrogen) atoms. The maximum absolute atomic E-state index is 11.9. The second-order valence-electron chi connectivity index (χ2n) is 4.31. The van der Waals surface area contributed by atoms with Crippen molar-refractivity contribution in [1.82, 2.24) is 5.32 Å². The quantitative estimate of drug-likeness (QED) is 0.765. The van der Waals surface area contributed by atoms with Gasteiger partial charge in [-0.25, -0.2) is 13.6 Å². The van der Waals surface area contributed by atoms with Crippen LogP contribution in [0.1, 0.15) is 10.4 Å². The monoisotopic (exact) mass is 294 g/mol. The summed E-state index contributed by atoms with van der Waals surface area (Å²) in [4.78, 5) is 11.9. The number of aromatic hydroxyl groups is 1. The van der Waals surface area contributed by atoms with Crippen LogP contribution in [0.5, 0.6) is 5.75 Å². The van der Waals surface area contributed by atoms with Crippen molar-refractivity contribution < 1.29 is 18.3 Å². The minimum Gasteiger partial charge on any atom is -0.506 e. The van der Waals surface area contributed by atoms with Gasteiger partial charge in [0.05, 0.1) is 11.3 Å². The van der Waals surface area contributed by atoms with E-state index in [-0.39, 0.29) is 23.6 Å². The second kappa shape index (κ2) is 5.48. The highest BCUT2D eigenvalue weighted by molar-refractivity contribution is 7.89. The molecule has 0 atom stereocenters. The molecule has 2 aromatic rings. The van der Waals surface area contributed by atoms with Gasteiger partial charge in [0.15, 0.2) is 0 Å². The van der Waals surface area contributed by atoms with Crippen LogP contribution < -0.4 is 10.5 Å². The van der Waals surface area contributed by atoms with Crippen LogP contribution in [0.3, 0.4) is 0 Å². The second-order valence-corrected chi connectivity index (χ2v) is 6.04. The van der Waals surface area contributed by atoms with Crippen molar-refractivity contribution >= 4 is 26.7 Å². The lowest BCUT2D eigenvalue weighted by atomic mass is 10.0. The van der Waals surface area contributed by atoms with Gasteiger partial charge in [0.25, 0.3) is 5.91 Å². The number of benzene rings is 2. The van der Waals surface area contributed by atoms with E-state index in [9.17, 15) is 18.3 Å². The van der Waals surface area contributed by atoms with Crippen LogP contribution in [0.15, 0.2) is 36.4 Å². The standard InChI is InChI=1S/C13H14N2O4S/c14-20(18,19)8-7-15-13(17)11-6-5-9-3-1-2-4-10(9)12(11)16/h1-6,16H,7-8H2,(H,15,17)(H2,14,18,19). The van der Waals surface area contributed by atoms with Gasteiger partial charge in [-0.05, 0) is 11.5 Å². The molecule has 0 unspecified atom stereocenters. The Balaban J connectivity index is 2.20. The third-order valence-electron chi connectivity index (χ3n) is 2.82. The summed E-state index contributed by atoms with van der Waals surface area (Å²) in [7, 11) is -3.62. The highest BCUT2D eigenvalue weighted by Crippen LogP contribution is 2.28. The van der Waals surface area contributed by atoms with Crippen LogP contribution in [-0.2, 0) is 10.0 Å². The Morgan fingerprint density at radius 2 is 1.90 bits per heavy atom. The van der Waals surface area contributed by atoms with Gasteiger partial charge in [0, 0.05) is 11.9 Å². The van der Waals surface area contributed by atoms with E-state index in [2.05, 4.69) is 5.32 Å². The van der Waals surface area contributed by atoms with Crippen LogP contribution in [0.4, 0.5) is 0 Å². The Hall–Kier alpha value is -2.12. The first kappa shape index (κ1) is 14.3. The summed E-state index contributed by atoms with van der Waals surface area (Å²) in [5.74, 6) is -1.03. The summed E-state index contributed by atoms with van der Waals surface area (Å²) in [5.41, 5.74) is 0.0955. The van der Waals surface area contributed by atoms with Crippen molar-refractivity contribution in [2.24, 2.45) is 5.14 Å². The Bertz CT molecular complexity index is 756. The van der Waals surface area contributed by atoms with E-state index in [1.54, 1.807) is 18.2 Å². The normalized spacial score (nSPS) is 11.4. The number of sulfonamides is 1. The third kappa shape index (κ3) is 3.25. The smallest absolute Gasteiger partial charge is 0.255 e. The molecule has 0 bridgehead atoms. The molecule has 0 heterocycles. The fraction of sp³-hybridized carbons (Fsp3) is 0.154. The predicted octanol–water partition coefficient (Wildman–Crippen LogP) is 0.564. The van der Waals surface area contributed by atoms with Crippen molar-refractivity contribution in [1.29, 1.82) is 0 Å². The number of fused-ring (bicyclic) bond motifs is 1. The van der Waals surface area contributed by atoms with Crippen LogP contribution in [0.2, 0.25) is 0 Å². The Morgan fingerprint density at radius 3 is 2.60 bits per heavy atom. The van der Waals surface area contributed by atoms with E-state index in [1.807, 2.05) is 12.1 Å². The third-order valence-corrected chi connectivity index (χ3v) is 3.59. The predicted molar refractivity (Wildman–Crippen MR) is 75.9 cm³/mol. The lowest BCUT2D eigenvalue weighted by molar-refractivity contribution is 0.0954. The highest BCUT2D eigenvalue weighted by atomic mass is 32.2. The number of primary sulfonamides is 1. The van der Waals surface area contributed by atoms with Crippen molar-refractivity contribution in [2.45, 2.75) is 0 Å². The van der Waals surface area contributed by atoms with Gasteiger partial charge >= 0.3 is 0 Å². The first-order valence-electron chi connectivity index (χ1n) is 5.88. The molecule has 6 nitrogen and oxygen atoms in total. The molecule has 106 valence electrons. The van der Waals surface area contributed by atoms with Crippen molar-refractivity contribution in [3.8, 4) is 5.75 Å². The molecule has 0 saturated heterocycles. The number of nitrogens with one attached hydrogen (secondary N) is 1. The molecule has 0 radical (unpaired) electrons. The van der Waals surface area contributed by atoms with Crippen LogP contribution in [0.25, 0.3) is 10.8 Å². The lowest BCUT2D eigenvalue weighted by Gasteiger charge is -2.08. The highest BCUT2D eigenvalue weighted by Gasteiger charge is 2.14. The fourth-order valence-corrected chi connectivity index (χ4v) is 2.23. The van der Waals surface area contributed by atoms with E-state index in [0.29, 0.717) is 5.39 Å². The van der Waals surface area contributed by atoms with Gasteiger partial charge in [0.2, 0.25) is 10.0 Å². The molecule has 2 aromatic carbocycles. The number of nitrogens with two attached hydrogens (primary N) is 1. The van der Waals surface area contributed by atoms with Gasteiger partial charge in [-0.1, -0.05) is 30.3 Å². The molecule has 0 saturated carbocycles. The summed E-state index contributed by atoms with van der Waals surface area (Å²) < 4.78 is 21.5. The first-order valence-corrected chi connectivity index (χ1v) is 7.59. The Kier molecular flexibility index (Phi) is 3.91. The molecule has 1 amide bonds. The molecule has 0 fully saturated rings. The average molecular weight is 294 g/mol. The number of rotatable bonds is 4. The molecule has 4 N–H and O–H groups in total. The fourth-order valence-electron chi connectivity index (χ4n) is 1.84. The average Bonchev–Trinajstić information content (AvgIpc) is 2.38. The zero-order chi connectivity index (χ0) is 14.8. The number of hydrogen-bond acceptors (Lipinski definition) is 4. The van der Waals surface area contributed by atoms with Crippen molar-refractivity contribution in [2.75, 3.05) is 12.3 Å². The Labute approximate surface area is 116 Å². The topological polar surface area (TPSA) is 109 Å². The summed E-state index contributed by atoms with van der Waals surface area (Å²) >= 11 is 0. The zero-order valence-corrected chi connectivity index (χ0v) is 11.4. The Morgan fingerprint density at radius 1 is 1.20 bits per heavy atom. The molecule has 0 aliphatic heterocycles. The van der Waals surface area contributed by atoms with Crippen LogP contribution >= 0.6 is 0 Å². The number of phenolic OH excluding ortho intramolecular Hbond substituents is 1. The van der Waals surface area contributed by atoms with Gasteiger partial charge in [0.1, 0.15) is 5.75 Å². The van der Waals surface area contributed by atoms with Crippen molar-refractivity contribution in [3.63, 3.8) is 0 Å². The summed E-state index contributed by atoms with van der Waals surface area (Å²) in [6.07, 6.45) is 0. The number of carbonyl (C=O) groups is 1. The molecular weight excluding hydrogens is 280 g/mol. The minimum atomic E-state index is -3.62. The van der Waals surface area contributed by atoms with Gasteiger partial charge in [-0.15, -0.1) is 0 Å². The number of amides is 1. The van der Waals surface area contributed by atoms with Crippen molar-refractivity contribution in [3.05, 3.63) is 42.0 Å². The molecule has 0 spiro atoms. The molecule has 0 aromatic heterocycles. The van der Waals surface area contributed by atoms with Gasteiger partial charge in [-0.3, -0.25) is 4.79 Å². The zero-order valence-electron chi connectivity index (χ0n) is 10.5. The van der Waals surface area contributed by atoms with E-state index in [1.165, 1.54) is 6.07 Å². The number of hydrogen-bond donors (Lipinski definition) is 3. The lowest BCUT2D eigenvalue weighted by Crippen LogP contribution is -2.31. The largest absolute Gasteiger partial charge is 0.506 e. The van der Waals surface area contributed by atoms with Gasteiger partial charge < -0.3 is 10.4 Å². The first-order chi connectivity index (χ1) is 9.38. The van der Waals surface area contributed by atoms with E-state index in [0.717, 1.165) is 5.39 Å². The summed E-state index contributed by atoms with van der Waals surface area (Å²) in [6.45, 7) is -0.107. The SMILES string of the molecule is NS(=O)(=O)CCNC(=O)c1ccc2ccccc2c1O. The molecular formula is C13H14N2O4S. The maximum Gasteiger partial charge on any atom is 0.255 e. The summed E-state index contributed by atoms with van der Waals surface area (Å²) in [5, 5.41) is 18.7. The number of phenols is 1. The number of carbonyl (C=O) groups excluding carboxylic acids is 1. The maximum atomic E-state index is 11.9. The van der Waals surface area contributed by atoms with Crippen LogP contribution in [0, 0.1) is 0 Å². The van der Waals surface area contributed by atoms with Gasteiger partial charge in [-0.2, -0.15) is 0 Å². The van der Waals surface area contributed by atoms with E-state index >= 15 is 0 Å².